The van der Waals surface area contributed by atoms with Crippen molar-refractivity contribution in [3.63, 3.8) is 0 Å². The maximum absolute atomic E-state index is 13.0. The van der Waals surface area contributed by atoms with Gasteiger partial charge in [0.05, 0.1) is 12.2 Å². The number of hydrogen-bond acceptors (Lipinski definition) is 4. The fourth-order valence-corrected chi connectivity index (χ4v) is 3.51. The molecule has 0 unspecified atom stereocenters. The lowest BCUT2D eigenvalue weighted by molar-refractivity contribution is 0.0830. The molecule has 122 valence electrons. The smallest absolute Gasteiger partial charge is 0.143 e. The van der Waals surface area contributed by atoms with Gasteiger partial charge in [0.25, 0.3) is 0 Å². The van der Waals surface area contributed by atoms with Crippen molar-refractivity contribution >= 4 is 5.69 Å². The van der Waals surface area contributed by atoms with Gasteiger partial charge in [-0.1, -0.05) is 0 Å². The van der Waals surface area contributed by atoms with Crippen molar-refractivity contribution < 1.29 is 13.9 Å². The fraction of sp³-hybridized carbons (Fsp3) is 0.647. The van der Waals surface area contributed by atoms with Gasteiger partial charge in [0, 0.05) is 13.7 Å². The number of fused-ring (bicyclic) bond motifs is 2. The largest absolute Gasteiger partial charge is 0.490 e. The number of nitrogens with one attached hydrogen (secondary N) is 1. The zero-order valence-electron chi connectivity index (χ0n) is 13.5. The molecule has 0 saturated heterocycles. The van der Waals surface area contributed by atoms with E-state index in [1.54, 1.807) is 7.11 Å². The first-order valence-electron chi connectivity index (χ1n) is 8.07. The molecule has 0 bridgehead atoms. The number of alkyl halides is 1. The molecule has 5 heteroatoms. The summed E-state index contributed by atoms with van der Waals surface area (Å²) in [6.45, 7) is 5.73. The van der Waals surface area contributed by atoms with E-state index in [1.165, 1.54) is 16.7 Å². The number of nitrogens with zero attached hydrogens (tertiary/aromatic N) is 1. The van der Waals surface area contributed by atoms with Crippen molar-refractivity contribution in [2.75, 3.05) is 51.5 Å². The Morgan fingerprint density at radius 2 is 2.23 bits per heavy atom. The van der Waals surface area contributed by atoms with Crippen molar-refractivity contribution in [3.05, 3.63) is 22.8 Å². The molecule has 0 aromatic heterocycles. The van der Waals surface area contributed by atoms with Crippen LogP contribution in [0.3, 0.4) is 0 Å². The van der Waals surface area contributed by atoms with E-state index in [4.69, 9.17) is 9.47 Å². The second kappa shape index (κ2) is 6.84. The van der Waals surface area contributed by atoms with Crippen molar-refractivity contribution in [2.24, 2.45) is 0 Å². The summed E-state index contributed by atoms with van der Waals surface area (Å²) in [5, 5.41) is 3.45. The third-order valence-electron chi connectivity index (χ3n) is 4.72. The van der Waals surface area contributed by atoms with Gasteiger partial charge in [0.15, 0.2) is 0 Å². The van der Waals surface area contributed by atoms with Gasteiger partial charge in [0.2, 0.25) is 0 Å². The molecule has 0 spiro atoms. The van der Waals surface area contributed by atoms with Crippen LogP contribution in [0.4, 0.5) is 10.1 Å². The highest BCUT2D eigenvalue weighted by Crippen LogP contribution is 2.39. The van der Waals surface area contributed by atoms with E-state index in [2.05, 4.69) is 23.2 Å². The zero-order chi connectivity index (χ0) is 15.5. The van der Waals surface area contributed by atoms with E-state index >= 15 is 0 Å². The SMILES string of the molecule is CO[C@H](CF)CN1CCOc2cc3c(c(C)c21)CCNCC3. The molecule has 3 rings (SSSR count). The van der Waals surface area contributed by atoms with Crippen LogP contribution in [-0.4, -0.2) is 52.7 Å². The second-order valence-electron chi connectivity index (χ2n) is 6.04. The summed E-state index contributed by atoms with van der Waals surface area (Å²) in [5.74, 6) is 0.943. The molecule has 1 aromatic rings. The van der Waals surface area contributed by atoms with Gasteiger partial charge in [-0.25, -0.2) is 4.39 Å². The van der Waals surface area contributed by atoms with E-state index in [1.807, 2.05) is 0 Å². The van der Waals surface area contributed by atoms with Crippen molar-refractivity contribution in [1.29, 1.82) is 0 Å². The van der Waals surface area contributed by atoms with E-state index < -0.39 is 6.67 Å². The molecule has 4 nitrogen and oxygen atoms in total. The zero-order valence-corrected chi connectivity index (χ0v) is 13.5. The molecule has 22 heavy (non-hydrogen) atoms. The number of rotatable bonds is 4. The Bertz CT molecular complexity index is 532. The summed E-state index contributed by atoms with van der Waals surface area (Å²) in [6.07, 6.45) is 1.70. The summed E-state index contributed by atoms with van der Waals surface area (Å²) < 4.78 is 24.1. The Kier molecular flexibility index (Phi) is 4.84. The Morgan fingerprint density at radius 3 is 3.00 bits per heavy atom. The minimum Gasteiger partial charge on any atom is -0.490 e. The van der Waals surface area contributed by atoms with Crippen LogP contribution in [0.25, 0.3) is 0 Å². The predicted molar refractivity (Wildman–Crippen MR) is 85.9 cm³/mol. The van der Waals surface area contributed by atoms with Crippen LogP contribution in [0, 0.1) is 6.92 Å². The molecule has 0 aliphatic carbocycles. The predicted octanol–water partition coefficient (Wildman–Crippen LogP) is 1.87. The molecule has 0 fully saturated rings. The summed E-state index contributed by atoms with van der Waals surface area (Å²) in [6, 6.07) is 2.19. The first-order chi connectivity index (χ1) is 10.7. The summed E-state index contributed by atoms with van der Waals surface area (Å²) in [4.78, 5) is 2.22. The number of halogens is 1. The van der Waals surface area contributed by atoms with E-state index in [0.29, 0.717) is 13.2 Å². The lowest BCUT2D eigenvalue weighted by atomic mass is 9.94. The van der Waals surface area contributed by atoms with Crippen molar-refractivity contribution in [1.82, 2.24) is 5.32 Å². The third kappa shape index (κ3) is 2.92. The Morgan fingerprint density at radius 1 is 1.41 bits per heavy atom. The van der Waals surface area contributed by atoms with Gasteiger partial charge in [-0.2, -0.15) is 0 Å². The molecule has 0 saturated carbocycles. The van der Waals surface area contributed by atoms with E-state index in [-0.39, 0.29) is 6.10 Å². The fourth-order valence-electron chi connectivity index (χ4n) is 3.51. The number of hydrogen-bond donors (Lipinski definition) is 1. The van der Waals surface area contributed by atoms with Gasteiger partial charge in [-0.05, 0) is 55.6 Å². The van der Waals surface area contributed by atoms with Crippen LogP contribution in [-0.2, 0) is 17.6 Å². The lowest BCUT2D eigenvalue weighted by Gasteiger charge is -2.35. The molecule has 2 aliphatic rings. The number of anilines is 1. The van der Waals surface area contributed by atoms with Gasteiger partial charge >= 0.3 is 0 Å². The molecule has 0 radical (unpaired) electrons. The summed E-state index contributed by atoms with van der Waals surface area (Å²) >= 11 is 0. The Hall–Kier alpha value is -1.33. The number of ether oxygens (including phenoxy) is 2. The maximum atomic E-state index is 13.0. The number of methoxy groups -OCH3 is 1. The topological polar surface area (TPSA) is 33.7 Å². The van der Waals surface area contributed by atoms with Crippen LogP contribution >= 0.6 is 0 Å². The normalized spacial score (nSPS) is 19.0. The van der Waals surface area contributed by atoms with Crippen molar-refractivity contribution in [2.45, 2.75) is 25.9 Å². The van der Waals surface area contributed by atoms with Gasteiger partial charge in [-0.3, -0.25) is 0 Å². The Labute approximate surface area is 131 Å². The molecule has 1 aromatic carbocycles. The molecule has 2 aliphatic heterocycles. The molecular weight excluding hydrogens is 283 g/mol. The molecule has 1 atom stereocenters. The minimum absolute atomic E-state index is 0.383. The van der Waals surface area contributed by atoms with Crippen LogP contribution in [0.5, 0.6) is 5.75 Å². The van der Waals surface area contributed by atoms with Crippen LogP contribution in [0.15, 0.2) is 6.07 Å². The van der Waals surface area contributed by atoms with Crippen LogP contribution in [0.2, 0.25) is 0 Å². The highest BCUT2D eigenvalue weighted by molar-refractivity contribution is 5.69. The van der Waals surface area contributed by atoms with Crippen LogP contribution in [0.1, 0.15) is 16.7 Å². The summed E-state index contributed by atoms with van der Waals surface area (Å²) in [5.41, 5.74) is 5.22. The summed E-state index contributed by atoms with van der Waals surface area (Å²) in [7, 11) is 1.57. The van der Waals surface area contributed by atoms with E-state index in [9.17, 15) is 4.39 Å². The second-order valence-corrected chi connectivity index (χ2v) is 6.04. The highest BCUT2D eigenvalue weighted by Gasteiger charge is 2.26. The first-order valence-corrected chi connectivity index (χ1v) is 8.07. The van der Waals surface area contributed by atoms with Gasteiger partial charge in [-0.15, -0.1) is 0 Å². The molecule has 2 heterocycles. The van der Waals surface area contributed by atoms with Gasteiger partial charge in [0.1, 0.15) is 25.1 Å². The molecular formula is C17H25FN2O2. The lowest BCUT2D eigenvalue weighted by Crippen LogP contribution is -2.40. The first kappa shape index (κ1) is 15.6. The minimum atomic E-state index is -0.461. The van der Waals surface area contributed by atoms with Crippen molar-refractivity contribution in [3.8, 4) is 5.75 Å². The maximum Gasteiger partial charge on any atom is 0.143 e. The Balaban J connectivity index is 1.97. The average molecular weight is 308 g/mol. The quantitative estimate of drug-likeness (QED) is 0.921. The average Bonchev–Trinajstić information content (AvgIpc) is 2.78. The third-order valence-corrected chi connectivity index (χ3v) is 4.72. The number of benzene rings is 1. The van der Waals surface area contributed by atoms with Gasteiger partial charge < -0.3 is 19.7 Å². The molecule has 1 N–H and O–H groups in total. The van der Waals surface area contributed by atoms with Crippen LogP contribution < -0.4 is 15.0 Å². The highest BCUT2D eigenvalue weighted by atomic mass is 19.1. The molecule has 0 amide bonds. The van der Waals surface area contributed by atoms with E-state index in [0.717, 1.165) is 43.9 Å². The monoisotopic (exact) mass is 308 g/mol. The standard InChI is InChI=1S/C17H25FN2O2/c1-12-15-4-6-19-5-3-13(15)9-16-17(12)20(7-8-22-16)11-14(10-18)21-2/h9,14,19H,3-8,10-11H2,1-2H3/t14-/m1/s1.